The zero-order valence-electron chi connectivity index (χ0n) is 20.0. The molecule has 0 amide bonds. The van der Waals surface area contributed by atoms with Crippen LogP contribution < -0.4 is 11.1 Å². The Hall–Kier alpha value is -4.24. The highest BCUT2D eigenvalue weighted by atomic mass is 32.2. The van der Waals surface area contributed by atoms with Gasteiger partial charge in [0.1, 0.15) is 5.82 Å². The third kappa shape index (κ3) is 3.43. The van der Waals surface area contributed by atoms with Crippen molar-refractivity contribution in [1.29, 1.82) is 0 Å². The Bertz CT molecular complexity index is 1940. The van der Waals surface area contributed by atoms with Crippen molar-refractivity contribution in [1.82, 2.24) is 28.7 Å². The van der Waals surface area contributed by atoms with Crippen molar-refractivity contribution in [2.75, 3.05) is 0 Å². The summed E-state index contributed by atoms with van der Waals surface area (Å²) >= 11 is 1.42. The molecule has 9 heteroatoms. The number of thioether (sulfide) groups is 1. The number of hydrogen-bond acceptors (Lipinski definition) is 6. The van der Waals surface area contributed by atoms with Crippen molar-refractivity contribution in [2.24, 2.45) is 7.05 Å². The van der Waals surface area contributed by atoms with Gasteiger partial charge < -0.3 is 0 Å². The fraction of sp³-hybridized carbons (Fsp3) is 0.148. The van der Waals surface area contributed by atoms with Gasteiger partial charge in [-0.1, -0.05) is 48.2 Å². The average Bonchev–Trinajstić information content (AvgIpc) is 3.31. The lowest BCUT2D eigenvalue weighted by Gasteiger charge is -2.14. The molecule has 0 spiro atoms. The fourth-order valence-electron chi connectivity index (χ4n) is 4.47. The van der Waals surface area contributed by atoms with Gasteiger partial charge in [0.2, 0.25) is 5.78 Å². The van der Waals surface area contributed by atoms with Gasteiger partial charge in [-0.3, -0.25) is 18.6 Å². The summed E-state index contributed by atoms with van der Waals surface area (Å²) in [6.45, 7) is 3.98. The van der Waals surface area contributed by atoms with Crippen molar-refractivity contribution in [2.45, 2.75) is 24.8 Å². The molecule has 0 aliphatic heterocycles. The molecule has 36 heavy (non-hydrogen) atoms. The SMILES string of the molecule is Cc1ccc(C)c(-n2c(=O)c3ccccc3n3c(SCc4nc5ccccc5c(=O)n4C)nnc23)c1. The zero-order chi connectivity index (χ0) is 25.0. The summed E-state index contributed by atoms with van der Waals surface area (Å²) in [6.07, 6.45) is 0. The number of aryl methyl sites for hydroxylation is 2. The maximum absolute atomic E-state index is 13.6. The van der Waals surface area contributed by atoms with Crippen molar-refractivity contribution in [3.05, 3.63) is 104 Å². The van der Waals surface area contributed by atoms with Crippen molar-refractivity contribution < 1.29 is 0 Å². The first kappa shape index (κ1) is 22.2. The van der Waals surface area contributed by atoms with Gasteiger partial charge >= 0.3 is 0 Å². The Labute approximate surface area is 209 Å². The monoisotopic (exact) mass is 494 g/mol. The zero-order valence-corrected chi connectivity index (χ0v) is 20.8. The number of rotatable bonds is 4. The Morgan fingerprint density at radius 1 is 0.861 bits per heavy atom. The van der Waals surface area contributed by atoms with E-state index in [0.717, 1.165) is 22.3 Å². The molecule has 6 rings (SSSR count). The van der Waals surface area contributed by atoms with Crippen LogP contribution in [0.3, 0.4) is 0 Å². The highest BCUT2D eigenvalue weighted by Gasteiger charge is 2.19. The molecule has 6 aromatic rings. The van der Waals surface area contributed by atoms with Crippen LogP contribution in [0, 0.1) is 13.8 Å². The van der Waals surface area contributed by atoms with Crippen LogP contribution in [0.5, 0.6) is 0 Å². The van der Waals surface area contributed by atoms with Gasteiger partial charge in [0.05, 0.1) is 33.2 Å². The maximum atomic E-state index is 13.6. The standard InChI is InChI=1S/C27H22N6O2S/c1-16-12-13-17(2)22(14-16)32-25(35)19-9-5-7-11-21(19)33-26(32)29-30-27(33)36-15-23-28-20-10-6-4-8-18(20)24(34)31(23)3/h4-14H,15H2,1-3H3. The normalized spacial score (nSPS) is 11.6. The summed E-state index contributed by atoms with van der Waals surface area (Å²) in [5.41, 5.74) is 3.95. The molecule has 0 N–H and O–H groups in total. The quantitative estimate of drug-likeness (QED) is 0.342. The van der Waals surface area contributed by atoms with E-state index in [2.05, 4.69) is 10.2 Å². The van der Waals surface area contributed by atoms with Gasteiger partial charge in [0.25, 0.3) is 11.1 Å². The molecule has 3 heterocycles. The van der Waals surface area contributed by atoms with Gasteiger partial charge in [-0.25, -0.2) is 9.55 Å². The van der Waals surface area contributed by atoms with Gasteiger partial charge in [-0.05, 0) is 55.3 Å². The number of aromatic nitrogens is 6. The number of benzene rings is 3. The van der Waals surface area contributed by atoms with Crippen molar-refractivity contribution in [3.63, 3.8) is 0 Å². The molecule has 3 aromatic carbocycles. The molecule has 0 saturated heterocycles. The fourth-order valence-corrected chi connectivity index (χ4v) is 5.40. The molecular weight excluding hydrogens is 472 g/mol. The predicted molar refractivity (Wildman–Crippen MR) is 142 cm³/mol. The molecule has 0 saturated carbocycles. The summed E-state index contributed by atoms with van der Waals surface area (Å²) in [7, 11) is 1.73. The minimum absolute atomic E-state index is 0.0866. The molecule has 0 aliphatic rings. The topological polar surface area (TPSA) is 87.1 Å². The second-order valence-electron chi connectivity index (χ2n) is 8.76. The van der Waals surface area contributed by atoms with E-state index in [1.54, 1.807) is 22.2 Å². The second kappa shape index (κ2) is 8.46. The first-order valence-corrected chi connectivity index (χ1v) is 12.5. The van der Waals surface area contributed by atoms with Crippen LogP contribution in [0.25, 0.3) is 33.3 Å². The number of hydrogen-bond donors (Lipinski definition) is 0. The smallest absolute Gasteiger partial charge is 0.267 e. The molecule has 0 bridgehead atoms. The molecular formula is C27H22N6O2S. The number of para-hydroxylation sites is 2. The van der Waals surface area contributed by atoms with Gasteiger partial charge in [0.15, 0.2) is 5.16 Å². The summed E-state index contributed by atoms with van der Waals surface area (Å²) in [6, 6.07) is 20.8. The minimum Gasteiger partial charge on any atom is -0.299 e. The second-order valence-corrected chi connectivity index (χ2v) is 9.71. The van der Waals surface area contributed by atoms with E-state index >= 15 is 0 Å². The van der Waals surface area contributed by atoms with Gasteiger partial charge in [-0.15, -0.1) is 10.2 Å². The van der Waals surface area contributed by atoms with Crippen LogP contribution in [0.4, 0.5) is 0 Å². The van der Waals surface area contributed by atoms with E-state index in [9.17, 15) is 9.59 Å². The van der Waals surface area contributed by atoms with E-state index in [1.165, 1.54) is 11.8 Å². The van der Waals surface area contributed by atoms with E-state index in [0.29, 0.717) is 38.8 Å². The summed E-state index contributed by atoms with van der Waals surface area (Å²) < 4.78 is 5.11. The van der Waals surface area contributed by atoms with Crippen molar-refractivity contribution >= 4 is 39.3 Å². The highest BCUT2D eigenvalue weighted by Crippen LogP contribution is 2.26. The van der Waals surface area contributed by atoms with Gasteiger partial charge in [0, 0.05) is 7.05 Å². The van der Waals surface area contributed by atoms with Crippen LogP contribution in [-0.2, 0) is 12.8 Å². The predicted octanol–water partition coefficient (Wildman–Crippen LogP) is 4.19. The third-order valence-corrected chi connectivity index (χ3v) is 7.33. The first-order valence-electron chi connectivity index (χ1n) is 11.5. The molecule has 0 fully saturated rings. The van der Waals surface area contributed by atoms with Crippen LogP contribution in [0.2, 0.25) is 0 Å². The largest absolute Gasteiger partial charge is 0.299 e. The van der Waals surface area contributed by atoms with Crippen LogP contribution in [0.15, 0.2) is 81.5 Å². The molecule has 0 radical (unpaired) electrons. The molecule has 8 nitrogen and oxygen atoms in total. The lowest BCUT2D eigenvalue weighted by Crippen LogP contribution is -2.23. The Morgan fingerprint density at radius 3 is 2.44 bits per heavy atom. The Kier molecular flexibility index (Phi) is 5.22. The summed E-state index contributed by atoms with van der Waals surface area (Å²) in [5.74, 6) is 1.48. The van der Waals surface area contributed by atoms with Gasteiger partial charge in [-0.2, -0.15) is 0 Å². The lowest BCUT2D eigenvalue weighted by molar-refractivity contribution is 0.783. The number of nitrogens with zero attached hydrogens (tertiary/aromatic N) is 6. The Balaban J connectivity index is 1.54. The van der Waals surface area contributed by atoms with Crippen LogP contribution in [0.1, 0.15) is 17.0 Å². The minimum atomic E-state index is -0.144. The van der Waals surface area contributed by atoms with E-state index in [4.69, 9.17) is 4.98 Å². The van der Waals surface area contributed by atoms with Crippen LogP contribution >= 0.6 is 11.8 Å². The first-order chi connectivity index (χ1) is 17.4. The van der Waals surface area contributed by atoms with E-state index < -0.39 is 0 Å². The molecule has 0 aliphatic carbocycles. The van der Waals surface area contributed by atoms with Crippen molar-refractivity contribution in [3.8, 4) is 5.69 Å². The Morgan fingerprint density at radius 2 is 1.61 bits per heavy atom. The van der Waals surface area contributed by atoms with E-state index in [1.807, 2.05) is 78.9 Å². The lowest BCUT2D eigenvalue weighted by atomic mass is 10.1. The van der Waals surface area contributed by atoms with Crippen LogP contribution in [-0.4, -0.2) is 28.7 Å². The molecule has 178 valence electrons. The molecule has 0 atom stereocenters. The summed E-state index contributed by atoms with van der Waals surface area (Å²) in [4.78, 5) is 31.2. The van der Waals surface area contributed by atoms with E-state index in [-0.39, 0.29) is 11.1 Å². The summed E-state index contributed by atoms with van der Waals surface area (Å²) in [5, 5.41) is 10.7. The third-order valence-electron chi connectivity index (χ3n) is 6.41. The highest BCUT2D eigenvalue weighted by molar-refractivity contribution is 7.98. The number of fused-ring (bicyclic) bond motifs is 4. The molecule has 0 unspecified atom stereocenters. The average molecular weight is 495 g/mol. The molecule has 3 aromatic heterocycles. The maximum Gasteiger partial charge on any atom is 0.267 e.